The monoisotopic (exact) mass is 346 g/mol. The Bertz CT molecular complexity index is 1020. The second kappa shape index (κ2) is 7.58. The molecule has 0 aliphatic rings. The van der Waals surface area contributed by atoms with Crippen LogP contribution in [0.2, 0.25) is 0 Å². The largest absolute Gasteiger partial charge is 0.497 e. The highest BCUT2D eigenvalue weighted by Crippen LogP contribution is 2.22. The summed E-state index contributed by atoms with van der Waals surface area (Å²) in [5.74, 6) is 5.29. The van der Waals surface area contributed by atoms with Gasteiger partial charge in [-0.2, -0.15) is 0 Å². The fourth-order valence-electron chi connectivity index (χ4n) is 2.71. The minimum atomic E-state index is -0.665. The molecule has 2 aromatic carbocycles. The third kappa shape index (κ3) is 3.60. The molecule has 0 saturated carbocycles. The van der Waals surface area contributed by atoms with Crippen LogP contribution < -0.4 is 10.1 Å². The predicted octanol–water partition coefficient (Wildman–Crippen LogP) is 2.84. The summed E-state index contributed by atoms with van der Waals surface area (Å²) >= 11 is 0. The number of Topliss-reactive ketones (excluding diaryl/α,β-unsaturated/α-hetero) is 1. The van der Waals surface area contributed by atoms with Gasteiger partial charge < -0.3 is 15.0 Å². The van der Waals surface area contributed by atoms with Crippen LogP contribution in [0.4, 0.5) is 0 Å². The molecule has 0 aliphatic carbocycles. The standard InChI is InChI=1S/C21H18N2O3/c1-14-19(17-7-3-4-8-18(17)23-14)20(24)21(25)22-13-5-6-15-9-11-16(26-2)12-10-15/h3-4,7-12,23H,13H2,1-2H3,(H,22,25). The molecule has 1 aromatic heterocycles. The molecule has 0 saturated heterocycles. The van der Waals surface area contributed by atoms with Gasteiger partial charge in [-0.3, -0.25) is 9.59 Å². The normalized spacial score (nSPS) is 10.1. The number of aromatic amines is 1. The molecule has 1 heterocycles. The number of nitrogens with one attached hydrogen (secondary N) is 2. The Hall–Kier alpha value is -3.52. The summed E-state index contributed by atoms with van der Waals surface area (Å²) in [4.78, 5) is 27.8. The lowest BCUT2D eigenvalue weighted by Gasteiger charge is -2.01. The lowest BCUT2D eigenvalue weighted by molar-refractivity contribution is -0.116. The highest BCUT2D eigenvalue weighted by molar-refractivity contribution is 6.45. The zero-order valence-corrected chi connectivity index (χ0v) is 14.6. The molecule has 2 N–H and O–H groups in total. The molecule has 5 nitrogen and oxygen atoms in total. The molecule has 0 radical (unpaired) electrons. The number of hydrogen-bond donors (Lipinski definition) is 2. The molecule has 0 aliphatic heterocycles. The maximum atomic E-state index is 12.5. The molecular weight excluding hydrogens is 328 g/mol. The number of H-pyrrole nitrogens is 1. The lowest BCUT2D eigenvalue weighted by Crippen LogP contribution is -2.31. The van der Waals surface area contributed by atoms with E-state index in [1.165, 1.54) is 0 Å². The minimum Gasteiger partial charge on any atom is -0.497 e. The Morgan fingerprint density at radius 2 is 1.85 bits per heavy atom. The van der Waals surface area contributed by atoms with Gasteiger partial charge in [0.15, 0.2) is 0 Å². The van der Waals surface area contributed by atoms with Crippen LogP contribution in [0.1, 0.15) is 21.6 Å². The lowest BCUT2D eigenvalue weighted by atomic mass is 10.1. The number of rotatable bonds is 4. The number of ether oxygens (including phenoxy) is 1. The van der Waals surface area contributed by atoms with E-state index in [9.17, 15) is 9.59 Å². The van der Waals surface area contributed by atoms with E-state index >= 15 is 0 Å². The summed E-state index contributed by atoms with van der Waals surface area (Å²) in [5, 5.41) is 3.30. The van der Waals surface area contributed by atoms with Crippen molar-refractivity contribution >= 4 is 22.6 Å². The summed E-state index contributed by atoms with van der Waals surface area (Å²) in [6.07, 6.45) is 0. The summed E-state index contributed by atoms with van der Waals surface area (Å²) < 4.78 is 5.08. The zero-order valence-electron chi connectivity index (χ0n) is 14.6. The van der Waals surface area contributed by atoms with Crippen molar-refractivity contribution in [2.45, 2.75) is 6.92 Å². The molecule has 3 rings (SSSR count). The number of para-hydroxylation sites is 1. The molecule has 26 heavy (non-hydrogen) atoms. The number of ketones is 1. The van der Waals surface area contributed by atoms with Crippen molar-refractivity contribution in [2.75, 3.05) is 13.7 Å². The average molecular weight is 346 g/mol. The zero-order chi connectivity index (χ0) is 18.5. The van der Waals surface area contributed by atoms with Crippen molar-refractivity contribution in [1.29, 1.82) is 0 Å². The molecule has 0 atom stereocenters. The second-order valence-corrected chi connectivity index (χ2v) is 5.71. The van der Waals surface area contributed by atoms with Crippen LogP contribution in [-0.4, -0.2) is 30.3 Å². The van der Waals surface area contributed by atoms with Crippen molar-refractivity contribution in [3.8, 4) is 17.6 Å². The third-order valence-electron chi connectivity index (χ3n) is 3.99. The summed E-state index contributed by atoms with van der Waals surface area (Å²) in [5.41, 5.74) is 2.72. The van der Waals surface area contributed by atoms with Crippen LogP contribution in [0.25, 0.3) is 10.9 Å². The number of carbonyl (C=O) groups excluding carboxylic acids is 2. The molecule has 0 fully saturated rings. The van der Waals surface area contributed by atoms with E-state index in [4.69, 9.17) is 4.74 Å². The summed E-state index contributed by atoms with van der Waals surface area (Å²) in [6.45, 7) is 1.88. The maximum Gasteiger partial charge on any atom is 0.293 e. The van der Waals surface area contributed by atoms with Crippen LogP contribution in [0.5, 0.6) is 5.75 Å². The number of benzene rings is 2. The first-order valence-corrected chi connectivity index (χ1v) is 8.13. The van der Waals surface area contributed by atoms with Gasteiger partial charge in [0.2, 0.25) is 0 Å². The van der Waals surface area contributed by atoms with Gasteiger partial charge in [-0.15, -0.1) is 0 Å². The van der Waals surface area contributed by atoms with Crippen molar-refractivity contribution in [2.24, 2.45) is 0 Å². The van der Waals surface area contributed by atoms with Crippen LogP contribution in [0.3, 0.4) is 0 Å². The predicted molar refractivity (Wildman–Crippen MR) is 100 cm³/mol. The van der Waals surface area contributed by atoms with E-state index in [0.29, 0.717) is 11.3 Å². The summed E-state index contributed by atoms with van der Waals surface area (Å²) in [7, 11) is 1.60. The van der Waals surface area contributed by atoms with E-state index in [1.54, 1.807) is 14.0 Å². The van der Waals surface area contributed by atoms with Crippen molar-refractivity contribution < 1.29 is 14.3 Å². The van der Waals surface area contributed by atoms with Gasteiger partial charge in [-0.05, 0) is 37.3 Å². The fraction of sp³-hybridized carbons (Fsp3) is 0.143. The maximum absolute atomic E-state index is 12.5. The first-order valence-electron chi connectivity index (χ1n) is 8.13. The van der Waals surface area contributed by atoms with Gasteiger partial charge in [0, 0.05) is 22.2 Å². The van der Waals surface area contributed by atoms with Crippen molar-refractivity contribution in [3.05, 3.63) is 65.4 Å². The SMILES string of the molecule is COc1ccc(C#CCNC(=O)C(=O)c2c(C)[nH]c3ccccc23)cc1. The van der Waals surface area contributed by atoms with Crippen LogP contribution in [-0.2, 0) is 4.79 Å². The number of carbonyl (C=O) groups is 2. The molecule has 1 amide bonds. The second-order valence-electron chi connectivity index (χ2n) is 5.71. The van der Waals surface area contributed by atoms with E-state index in [-0.39, 0.29) is 6.54 Å². The molecule has 0 spiro atoms. The Balaban J connectivity index is 1.65. The molecule has 130 valence electrons. The van der Waals surface area contributed by atoms with Crippen LogP contribution >= 0.6 is 0 Å². The Morgan fingerprint density at radius 1 is 1.12 bits per heavy atom. The number of methoxy groups -OCH3 is 1. The van der Waals surface area contributed by atoms with Gasteiger partial charge in [0.25, 0.3) is 11.7 Å². The highest BCUT2D eigenvalue weighted by atomic mass is 16.5. The average Bonchev–Trinajstić information content (AvgIpc) is 3.00. The smallest absolute Gasteiger partial charge is 0.293 e. The fourth-order valence-corrected chi connectivity index (χ4v) is 2.71. The van der Waals surface area contributed by atoms with E-state index in [2.05, 4.69) is 22.1 Å². The Labute approximate surface area is 151 Å². The van der Waals surface area contributed by atoms with Gasteiger partial charge in [0.1, 0.15) is 5.75 Å². The first kappa shape index (κ1) is 17.3. The van der Waals surface area contributed by atoms with E-state index in [1.807, 2.05) is 48.5 Å². The third-order valence-corrected chi connectivity index (χ3v) is 3.99. The van der Waals surface area contributed by atoms with Crippen LogP contribution in [0.15, 0.2) is 48.5 Å². The molecule has 5 heteroatoms. The molecule has 0 unspecified atom stereocenters. The van der Waals surface area contributed by atoms with Gasteiger partial charge >= 0.3 is 0 Å². The molecule has 0 bridgehead atoms. The van der Waals surface area contributed by atoms with Gasteiger partial charge in [0.05, 0.1) is 19.2 Å². The van der Waals surface area contributed by atoms with Crippen molar-refractivity contribution in [3.63, 3.8) is 0 Å². The quantitative estimate of drug-likeness (QED) is 0.433. The Kier molecular flexibility index (Phi) is 5.04. The summed E-state index contributed by atoms with van der Waals surface area (Å²) in [6, 6.07) is 14.7. The number of fused-ring (bicyclic) bond motifs is 1. The minimum absolute atomic E-state index is 0.0952. The van der Waals surface area contributed by atoms with E-state index < -0.39 is 11.7 Å². The number of aryl methyl sites for hydroxylation is 1. The van der Waals surface area contributed by atoms with E-state index in [0.717, 1.165) is 22.2 Å². The van der Waals surface area contributed by atoms with Gasteiger partial charge in [-0.25, -0.2) is 0 Å². The van der Waals surface area contributed by atoms with Crippen molar-refractivity contribution in [1.82, 2.24) is 10.3 Å². The topological polar surface area (TPSA) is 71.2 Å². The first-order chi connectivity index (χ1) is 12.6. The number of aromatic nitrogens is 1. The van der Waals surface area contributed by atoms with Gasteiger partial charge in [-0.1, -0.05) is 30.0 Å². The Morgan fingerprint density at radius 3 is 2.58 bits per heavy atom. The number of hydrogen-bond acceptors (Lipinski definition) is 3. The van der Waals surface area contributed by atoms with Crippen LogP contribution in [0, 0.1) is 18.8 Å². The molecular formula is C21H18N2O3. The highest BCUT2D eigenvalue weighted by Gasteiger charge is 2.21. The number of amides is 1. The molecule has 3 aromatic rings.